The molecule has 9 heteroatoms. The molecule has 29 heavy (non-hydrogen) atoms. The van der Waals surface area contributed by atoms with Gasteiger partial charge in [-0.15, -0.1) is 0 Å². The van der Waals surface area contributed by atoms with Crippen LogP contribution in [0, 0.1) is 0 Å². The Labute approximate surface area is 168 Å². The lowest BCUT2D eigenvalue weighted by Crippen LogP contribution is -2.41. The lowest BCUT2D eigenvalue weighted by atomic mass is 10.0. The third-order valence-electron chi connectivity index (χ3n) is 4.98. The Morgan fingerprint density at radius 1 is 1.07 bits per heavy atom. The highest BCUT2D eigenvalue weighted by molar-refractivity contribution is 7.92. The molecule has 8 nitrogen and oxygen atoms in total. The lowest BCUT2D eigenvalue weighted by Gasteiger charge is -2.27. The Morgan fingerprint density at radius 3 is 2.62 bits per heavy atom. The molecule has 0 saturated carbocycles. The van der Waals surface area contributed by atoms with Crippen molar-refractivity contribution in [1.29, 1.82) is 0 Å². The molecular formula is C20H21N3O5S. The summed E-state index contributed by atoms with van der Waals surface area (Å²) in [4.78, 5) is 26.1. The topological polar surface area (TPSA) is 105 Å². The Kier molecular flexibility index (Phi) is 5.25. The standard InChI is InChI=1S/C20H21N3O5S/c24-19-8-5-14-13-15(6-7-17(14)21-19)29(26,27)22-18-4-2-1-3-16(18)20(25)23-9-11-28-12-10-23/h1-4,6-7,13,22H,5,8-12H2,(H,21,24). The van der Waals surface area contributed by atoms with Crippen LogP contribution in [0.5, 0.6) is 0 Å². The zero-order chi connectivity index (χ0) is 20.4. The normalized spacial score (nSPS) is 16.7. The first kappa shape index (κ1) is 19.4. The number of ether oxygens (including phenoxy) is 1. The van der Waals surface area contributed by atoms with E-state index in [0.29, 0.717) is 50.4 Å². The summed E-state index contributed by atoms with van der Waals surface area (Å²) >= 11 is 0. The molecule has 4 rings (SSSR count). The maximum atomic E-state index is 13.0. The van der Waals surface area contributed by atoms with E-state index in [0.717, 1.165) is 5.56 Å². The monoisotopic (exact) mass is 415 g/mol. The quantitative estimate of drug-likeness (QED) is 0.793. The molecule has 2 N–H and O–H groups in total. The molecular weight excluding hydrogens is 394 g/mol. The third-order valence-corrected chi connectivity index (χ3v) is 6.35. The molecule has 2 aromatic rings. The van der Waals surface area contributed by atoms with Crippen LogP contribution >= 0.6 is 0 Å². The van der Waals surface area contributed by atoms with Gasteiger partial charge in [0.15, 0.2) is 0 Å². The second-order valence-corrected chi connectivity index (χ2v) is 8.61. The molecule has 2 aliphatic rings. The first-order chi connectivity index (χ1) is 13.9. The number of nitrogens with one attached hydrogen (secondary N) is 2. The molecule has 2 aromatic carbocycles. The van der Waals surface area contributed by atoms with E-state index in [1.807, 2.05) is 0 Å². The summed E-state index contributed by atoms with van der Waals surface area (Å²) in [7, 11) is -3.91. The Bertz CT molecular complexity index is 1060. The van der Waals surface area contributed by atoms with Gasteiger partial charge in [0.25, 0.3) is 15.9 Å². The number of benzene rings is 2. The number of rotatable bonds is 4. The van der Waals surface area contributed by atoms with E-state index in [1.54, 1.807) is 41.3 Å². The van der Waals surface area contributed by atoms with Gasteiger partial charge in [-0.25, -0.2) is 8.42 Å². The highest BCUT2D eigenvalue weighted by atomic mass is 32.2. The number of carbonyl (C=O) groups is 2. The smallest absolute Gasteiger partial charge is 0.261 e. The summed E-state index contributed by atoms with van der Waals surface area (Å²) in [5.41, 5.74) is 1.92. The van der Waals surface area contributed by atoms with Crippen molar-refractivity contribution in [3.8, 4) is 0 Å². The molecule has 1 fully saturated rings. The maximum absolute atomic E-state index is 13.0. The highest BCUT2D eigenvalue weighted by Crippen LogP contribution is 2.27. The Hall–Kier alpha value is -2.91. The van der Waals surface area contributed by atoms with Crippen LogP contribution in [0.15, 0.2) is 47.4 Å². The lowest BCUT2D eigenvalue weighted by molar-refractivity contribution is -0.116. The largest absolute Gasteiger partial charge is 0.378 e. The van der Waals surface area contributed by atoms with Crippen molar-refractivity contribution in [3.63, 3.8) is 0 Å². The predicted molar refractivity (Wildman–Crippen MR) is 107 cm³/mol. The molecule has 0 unspecified atom stereocenters. The first-order valence-corrected chi connectivity index (χ1v) is 10.8. The summed E-state index contributed by atoms with van der Waals surface area (Å²) in [6, 6.07) is 11.2. The summed E-state index contributed by atoms with van der Waals surface area (Å²) in [5, 5.41) is 2.73. The molecule has 2 aliphatic heterocycles. The van der Waals surface area contributed by atoms with Crippen LogP contribution in [0.2, 0.25) is 0 Å². The number of nitrogens with zero attached hydrogens (tertiary/aromatic N) is 1. The molecule has 0 atom stereocenters. The molecule has 0 radical (unpaired) electrons. The van der Waals surface area contributed by atoms with E-state index < -0.39 is 10.0 Å². The minimum absolute atomic E-state index is 0.0817. The summed E-state index contributed by atoms with van der Waals surface area (Å²) in [5.74, 6) is -0.318. The van der Waals surface area contributed by atoms with Gasteiger partial charge in [-0.2, -0.15) is 0 Å². The van der Waals surface area contributed by atoms with Crippen molar-refractivity contribution < 1.29 is 22.7 Å². The van der Waals surface area contributed by atoms with E-state index in [4.69, 9.17) is 4.74 Å². The second-order valence-electron chi connectivity index (χ2n) is 6.92. The first-order valence-electron chi connectivity index (χ1n) is 9.36. The molecule has 152 valence electrons. The fourth-order valence-corrected chi connectivity index (χ4v) is 4.56. The third kappa shape index (κ3) is 4.10. The van der Waals surface area contributed by atoms with Gasteiger partial charge in [-0.1, -0.05) is 12.1 Å². The number of hydrogen-bond donors (Lipinski definition) is 2. The van der Waals surface area contributed by atoms with E-state index in [1.165, 1.54) is 6.07 Å². The molecule has 2 amide bonds. The zero-order valence-corrected chi connectivity index (χ0v) is 16.5. The minimum atomic E-state index is -3.91. The van der Waals surface area contributed by atoms with Gasteiger partial charge in [0, 0.05) is 25.2 Å². The van der Waals surface area contributed by atoms with E-state index in [2.05, 4.69) is 10.0 Å². The number of sulfonamides is 1. The van der Waals surface area contributed by atoms with Gasteiger partial charge in [-0.3, -0.25) is 14.3 Å². The summed E-state index contributed by atoms with van der Waals surface area (Å²) in [6.07, 6.45) is 0.803. The molecule has 0 bridgehead atoms. The average molecular weight is 415 g/mol. The number of morpholine rings is 1. The Morgan fingerprint density at radius 2 is 1.83 bits per heavy atom. The number of aryl methyl sites for hydroxylation is 1. The Balaban J connectivity index is 1.60. The molecule has 1 saturated heterocycles. The summed E-state index contributed by atoms with van der Waals surface area (Å²) < 4.78 is 33.7. The van der Waals surface area contributed by atoms with Crippen LogP contribution in [0.3, 0.4) is 0 Å². The fraction of sp³-hybridized carbons (Fsp3) is 0.300. The predicted octanol–water partition coefficient (Wildman–Crippen LogP) is 1.84. The average Bonchev–Trinajstić information content (AvgIpc) is 2.73. The fourth-order valence-electron chi connectivity index (χ4n) is 3.43. The van der Waals surface area contributed by atoms with Gasteiger partial charge >= 0.3 is 0 Å². The number of para-hydroxylation sites is 1. The van der Waals surface area contributed by atoms with Gasteiger partial charge in [0.1, 0.15) is 0 Å². The van der Waals surface area contributed by atoms with E-state index in [9.17, 15) is 18.0 Å². The van der Waals surface area contributed by atoms with Gasteiger partial charge in [0.2, 0.25) is 5.91 Å². The minimum Gasteiger partial charge on any atom is -0.378 e. The van der Waals surface area contributed by atoms with Crippen molar-refractivity contribution in [3.05, 3.63) is 53.6 Å². The SMILES string of the molecule is O=C1CCc2cc(S(=O)(=O)Nc3ccccc3C(=O)N3CCOCC3)ccc2N1. The van der Waals surface area contributed by atoms with Gasteiger partial charge < -0.3 is 15.0 Å². The van der Waals surface area contributed by atoms with Crippen molar-refractivity contribution in [2.75, 3.05) is 36.3 Å². The van der Waals surface area contributed by atoms with Crippen molar-refractivity contribution >= 4 is 33.2 Å². The second kappa shape index (κ2) is 7.84. The van der Waals surface area contributed by atoms with Crippen LogP contribution in [-0.2, 0) is 26.0 Å². The maximum Gasteiger partial charge on any atom is 0.261 e. The van der Waals surface area contributed by atoms with Crippen LogP contribution in [0.4, 0.5) is 11.4 Å². The zero-order valence-electron chi connectivity index (χ0n) is 15.7. The van der Waals surface area contributed by atoms with E-state index >= 15 is 0 Å². The van der Waals surface area contributed by atoms with Crippen molar-refractivity contribution in [1.82, 2.24) is 4.90 Å². The van der Waals surface area contributed by atoms with Gasteiger partial charge in [0.05, 0.1) is 29.4 Å². The number of amides is 2. The van der Waals surface area contributed by atoms with Crippen LogP contribution in [-0.4, -0.2) is 51.4 Å². The number of anilines is 2. The number of carbonyl (C=O) groups excluding carboxylic acids is 2. The molecule has 0 aliphatic carbocycles. The number of hydrogen-bond acceptors (Lipinski definition) is 5. The number of fused-ring (bicyclic) bond motifs is 1. The molecule has 2 heterocycles. The van der Waals surface area contributed by atoms with Crippen molar-refractivity contribution in [2.24, 2.45) is 0 Å². The van der Waals surface area contributed by atoms with Gasteiger partial charge in [-0.05, 0) is 42.3 Å². The van der Waals surface area contributed by atoms with Crippen molar-refractivity contribution in [2.45, 2.75) is 17.7 Å². The van der Waals surface area contributed by atoms with Crippen LogP contribution in [0.1, 0.15) is 22.3 Å². The molecule has 0 spiro atoms. The molecule has 0 aromatic heterocycles. The van der Waals surface area contributed by atoms with Crippen LogP contribution < -0.4 is 10.0 Å². The highest BCUT2D eigenvalue weighted by Gasteiger charge is 2.24. The summed E-state index contributed by atoms with van der Waals surface area (Å²) in [6.45, 7) is 1.86. The van der Waals surface area contributed by atoms with E-state index in [-0.39, 0.29) is 22.4 Å². The van der Waals surface area contributed by atoms with Crippen LogP contribution in [0.25, 0.3) is 0 Å².